The fourth-order valence-electron chi connectivity index (χ4n) is 8.12. The highest BCUT2D eigenvalue weighted by Crippen LogP contribution is 2.46. The van der Waals surface area contributed by atoms with Gasteiger partial charge in [0.1, 0.15) is 0 Å². The SMILES string of the molecule is CC(C)(C)c1ccc(-c2ccc(C(C)(C)C)cc2P(c2cc(C(C)(C)C)ccc2-c2ccc(C(C)(C)C)cc2)c2cc(C(C)(C)C)ccc2-c2ccc(C(C)(C)C)cc2)cc1. The van der Waals surface area contributed by atoms with Crippen LogP contribution in [0, 0.1) is 0 Å². The Morgan fingerprint density at radius 3 is 0.590 bits per heavy atom. The van der Waals surface area contributed by atoms with Crippen molar-refractivity contribution < 1.29 is 0 Å². The standard InChI is InChI=1S/C60H75P/c1-55(2,3)43-25-19-40(20-26-43)49-34-31-46(58(10,11)12)37-52(49)61(53-38-47(59(13,14)15)32-35-50(53)41-21-27-44(28-22-41)56(4,5)6)54-39-48(60(16,17)18)33-36-51(54)42-23-29-45(30-24-42)57(7,8)9/h19-39H,1-18H3. The van der Waals surface area contributed by atoms with Crippen LogP contribution in [-0.4, -0.2) is 0 Å². The highest BCUT2D eigenvalue weighted by Gasteiger charge is 2.31. The van der Waals surface area contributed by atoms with E-state index in [1.54, 1.807) is 0 Å². The van der Waals surface area contributed by atoms with Gasteiger partial charge in [0.25, 0.3) is 0 Å². The molecule has 0 atom stereocenters. The van der Waals surface area contributed by atoms with Gasteiger partial charge in [-0.3, -0.25) is 0 Å². The second-order valence-electron chi connectivity index (χ2n) is 23.8. The summed E-state index contributed by atoms with van der Waals surface area (Å²) in [6, 6.07) is 50.6. The molecule has 0 N–H and O–H groups in total. The zero-order valence-electron chi connectivity index (χ0n) is 41.1. The third-order valence-corrected chi connectivity index (χ3v) is 15.1. The minimum atomic E-state index is -1.16. The fourth-order valence-corrected chi connectivity index (χ4v) is 11.0. The summed E-state index contributed by atoms with van der Waals surface area (Å²) in [5.74, 6) is 0. The van der Waals surface area contributed by atoms with Crippen molar-refractivity contribution in [3.63, 3.8) is 0 Å². The quantitative estimate of drug-likeness (QED) is 0.147. The summed E-state index contributed by atoms with van der Waals surface area (Å²) in [6.07, 6.45) is 0. The minimum absolute atomic E-state index is 0.0396. The van der Waals surface area contributed by atoms with Crippen molar-refractivity contribution in [3.8, 4) is 33.4 Å². The van der Waals surface area contributed by atoms with Gasteiger partial charge >= 0.3 is 0 Å². The third kappa shape index (κ3) is 10.3. The molecule has 0 nitrogen and oxygen atoms in total. The third-order valence-electron chi connectivity index (χ3n) is 12.5. The summed E-state index contributed by atoms with van der Waals surface area (Å²) < 4.78 is 0. The fraction of sp³-hybridized carbons (Fsp3) is 0.400. The predicted octanol–water partition coefficient (Wildman–Crippen LogP) is 16.2. The van der Waals surface area contributed by atoms with Gasteiger partial charge in [-0.25, -0.2) is 0 Å². The molecule has 6 rings (SSSR count). The normalized spacial score (nSPS) is 13.2. The summed E-state index contributed by atoms with van der Waals surface area (Å²) in [7, 11) is -1.16. The lowest BCUT2D eigenvalue weighted by Crippen LogP contribution is -2.29. The van der Waals surface area contributed by atoms with E-state index in [1.807, 2.05) is 0 Å². The molecule has 0 aliphatic carbocycles. The first-order valence-corrected chi connectivity index (χ1v) is 23.9. The Labute approximate surface area is 373 Å². The van der Waals surface area contributed by atoms with E-state index in [4.69, 9.17) is 0 Å². The molecule has 61 heavy (non-hydrogen) atoms. The Balaban J connectivity index is 1.81. The van der Waals surface area contributed by atoms with E-state index in [0.717, 1.165) is 0 Å². The van der Waals surface area contributed by atoms with E-state index < -0.39 is 7.92 Å². The van der Waals surface area contributed by atoms with Gasteiger partial charge in [0.05, 0.1) is 0 Å². The van der Waals surface area contributed by atoms with Crippen molar-refractivity contribution in [3.05, 3.63) is 161 Å². The van der Waals surface area contributed by atoms with Crippen LogP contribution in [0.1, 0.15) is 158 Å². The van der Waals surface area contributed by atoms with E-state index in [2.05, 4.69) is 252 Å². The molecule has 0 saturated heterocycles. The molecule has 0 aliphatic heterocycles. The molecule has 0 spiro atoms. The number of benzene rings is 6. The van der Waals surface area contributed by atoms with Crippen LogP contribution in [0.2, 0.25) is 0 Å². The molecule has 0 saturated carbocycles. The Morgan fingerprint density at radius 1 is 0.230 bits per heavy atom. The molecule has 0 fully saturated rings. The number of hydrogen-bond acceptors (Lipinski definition) is 0. The maximum absolute atomic E-state index is 2.59. The van der Waals surface area contributed by atoms with Gasteiger partial charge in [-0.2, -0.15) is 0 Å². The molecule has 0 unspecified atom stereocenters. The molecule has 0 bridgehead atoms. The van der Waals surface area contributed by atoms with Gasteiger partial charge < -0.3 is 0 Å². The van der Waals surface area contributed by atoms with Gasteiger partial charge in [-0.15, -0.1) is 0 Å². The van der Waals surface area contributed by atoms with Crippen molar-refractivity contribution in [1.29, 1.82) is 0 Å². The van der Waals surface area contributed by atoms with Crippen LogP contribution < -0.4 is 15.9 Å². The van der Waals surface area contributed by atoms with Crippen LogP contribution in [0.25, 0.3) is 33.4 Å². The van der Waals surface area contributed by atoms with E-state index >= 15 is 0 Å². The molecule has 6 aromatic carbocycles. The Bertz CT molecular complexity index is 2180. The maximum atomic E-state index is 2.59. The van der Waals surface area contributed by atoms with Crippen molar-refractivity contribution in [2.45, 2.75) is 157 Å². The largest absolute Gasteiger partial charge is 0.0579 e. The summed E-state index contributed by atoms with van der Waals surface area (Å²) in [6.45, 7) is 42.0. The Kier molecular flexibility index (Phi) is 12.5. The smallest absolute Gasteiger partial charge is 0.00693 e. The first-order chi connectivity index (χ1) is 28.0. The molecule has 0 aromatic heterocycles. The van der Waals surface area contributed by atoms with Crippen LogP contribution in [0.5, 0.6) is 0 Å². The van der Waals surface area contributed by atoms with Crippen molar-refractivity contribution in [2.24, 2.45) is 0 Å². The average molecular weight is 827 g/mol. The lowest BCUT2D eigenvalue weighted by atomic mass is 9.84. The summed E-state index contributed by atoms with van der Waals surface area (Å²) in [4.78, 5) is 0. The molecule has 0 amide bonds. The molecule has 1 heteroatoms. The predicted molar refractivity (Wildman–Crippen MR) is 274 cm³/mol. The monoisotopic (exact) mass is 827 g/mol. The van der Waals surface area contributed by atoms with Crippen LogP contribution in [0.4, 0.5) is 0 Å². The van der Waals surface area contributed by atoms with Crippen LogP contribution in [0.3, 0.4) is 0 Å². The van der Waals surface area contributed by atoms with Gasteiger partial charge in [0.2, 0.25) is 0 Å². The van der Waals surface area contributed by atoms with Crippen molar-refractivity contribution in [2.75, 3.05) is 0 Å². The summed E-state index contributed by atoms with van der Waals surface area (Å²) in [5.41, 5.74) is 15.9. The second-order valence-corrected chi connectivity index (χ2v) is 25.9. The highest BCUT2D eigenvalue weighted by molar-refractivity contribution is 7.80. The van der Waals surface area contributed by atoms with Gasteiger partial charge in [-0.05, 0) is 141 Å². The zero-order chi connectivity index (χ0) is 45.1. The summed E-state index contributed by atoms with van der Waals surface area (Å²) in [5, 5.41) is 4.22. The average Bonchev–Trinajstić information content (AvgIpc) is 3.16. The van der Waals surface area contributed by atoms with E-state index in [0.29, 0.717) is 0 Å². The zero-order valence-corrected chi connectivity index (χ0v) is 42.0. The van der Waals surface area contributed by atoms with Crippen molar-refractivity contribution >= 4 is 23.8 Å². The maximum Gasteiger partial charge on any atom is -0.00693 e. The Morgan fingerprint density at radius 2 is 0.410 bits per heavy atom. The van der Waals surface area contributed by atoms with E-state index in [-0.39, 0.29) is 32.5 Å². The number of rotatable bonds is 6. The van der Waals surface area contributed by atoms with E-state index in [9.17, 15) is 0 Å². The van der Waals surface area contributed by atoms with Crippen LogP contribution in [-0.2, 0) is 32.5 Å². The molecule has 0 aliphatic rings. The topological polar surface area (TPSA) is 0 Å². The molecule has 0 heterocycles. The highest BCUT2D eigenvalue weighted by atomic mass is 31.1. The van der Waals surface area contributed by atoms with Gasteiger partial charge in [0.15, 0.2) is 0 Å². The second kappa shape index (κ2) is 16.5. The number of hydrogen-bond donors (Lipinski definition) is 0. The Hall–Kier alpha value is -4.25. The van der Waals surface area contributed by atoms with Gasteiger partial charge in [-0.1, -0.05) is 234 Å². The van der Waals surface area contributed by atoms with E-state index in [1.165, 1.54) is 82.7 Å². The lowest BCUT2D eigenvalue weighted by Gasteiger charge is -2.32. The van der Waals surface area contributed by atoms with Gasteiger partial charge in [0, 0.05) is 0 Å². The molecule has 6 aromatic rings. The molecular formula is C60H75P. The molecular weight excluding hydrogens is 752 g/mol. The first-order valence-electron chi connectivity index (χ1n) is 22.6. The van der Waals surface area contributed by atoms with Crippen LogP contribution >= 0.6 is 7.92 Å². The lowest BCUT2D eigenvalue weighted by molar-refractivity contribution is 0.590. The molecule has 320 valence electrons. The minimum Gasteiger partial charge on any atom is -0.0579 e. The summed E-state index contributed by atoms with van der Waals surface area (Å²) >= 11 is 0. The molecule has 0 radical (unpaired) electrons. The first kappa shape index (κ1) is 46.3. The van der Waals surface area contributed by atoms with Crippen LogP contribution in [0.15, 0.2) is 127 Å². The van der Waals surface area contributed by atoms with Crippen molar-refractivity contribution in [1.82, 2.24) is 0 Å².